The van der Waals surface area contributed by atoms with Gasteiger partial charge in [0.15, 0.2) is 0 Å². The monoisotopic (exact) mass is 357 g/mol. The molecule has 1 unspecified atom stereocenters. The molecule has 0 spiro atoms. The highest BCUT2D eigenvalue weighted by atomic mass is 79.9. The van der Waals surface area contributed by atoms with Crippen molar-refractivity contribution in [3.63, 3.8) is 0 Å². The molecule has 0 aliphatic rings. The molecule has 2 aromatic rings. The van der Waals surface area contributed by atoms with Crippen molar-refractivity contribution in [2.24, 2.45) is 0 Å². The van der Waals surface area contributed by atoms with E-state index in [0.717, 1.165) is 10.9 Å². The zero-order chi connectivity index (χ0) is 13.8. The van der Waals surface area contributed by atoms with Crippen LogP contribution in [-0.4, -0.2) is 5.91 Å². The van der Waals surface area contributed by atoms with Crippen molar-refractivity contribution in [1.82, 2.24) is 5.32 Å². The number of halogens is 2. The van der Waals surface area contributed by atoms with E-state index in [0.29, 0.717) is 10.6 Å². The normalized spacial score (nSPS) is 12.2. The molecule has 2 nitrogen and oxygen atoms in total. The number of carbonyl (C=O) groups is 1. The van der Waals surface area contributed by atoms with Crippen LogP contribution in [0.5, 0.6) is 0 Å². The van der Waals surface area contributed by atoms with E-state index in [1.807, 2.05) is 17.5 Å². The van der Waals surface area contributed by atoms with Crippen LogP contribution in [-0.2, 0) is 0 Å². The second kappa shape index (κ2) is 6.55. The average Bonchev–Trinajstić information content (AvgIpc) is 2.92. The van der Waals surface area contributed by atoms with Gasteiger partial charge in [-0.3, -0.25) is 4.79 Å². The summed E-state index contributed by atoms with van der Waals surface area (Å²) in [5, 5.41) is 5.66. The smallest absolute Gasteiger partial charge is 0.251 e. The maximum Gasteiger partial charge on any atom is 0.251 e. The van der Waals surface area contributed by atoms with Crippen LogP contribution in [0.3, 0.4) is 0 Å². The van der Waals surface area contributed by atoms with Gasteiger partial charge in [0.2, 0.25) is 0 Å². The molecule has 19 heavy (non-hydrogen) atoms. The third-order valence-corrected chi connectivity index (χ3v) is 4.98. The van der Waals surface area contributed by atoms with Crippen molar-refractivity contribution < 1.29 is 4.79 Å². The van der Waals surface area contributed by atoms with Gasteiger partial charge in [0, 0.05) is 14.9 Å². The van der Waals surface area contributed by atoms with Gasteiger partial charge in [-0.15, -0.1) is 11.3 Å². The Morgan fingerprint density at radius 3 is 2.84 bits per heavy atom. The van der Waals surface area contributed by atoms with Gasteiger partial charge in [-0.05, 0) is 52.0 Å². The first kappa shape index (κ1) is 14.6. The van der Waals surface area contributed by atoms with Gasteiger partial charge in [0.05, 0.1) is 11.1 Å². The van der Waals surface area contributed by atoms with Crippen LogP contribution in [0, 0.1) is 0 Å². The third-order valence-electron chi connectivity index (χ3n) is 2.78. The number of benzene rings is 1. The highest BCUT2D eigenvalue weighted by molar-refractivity contribution is 9.10. The minimum absolute atomic E-state index is 0.0574. The third kappa shape index (κ3) is 3.59. The van der Waals surface area contributed by atoms with E-state index in [1.165, 1.54) is 4.88 Å². The molecule has 1 aromatic carbocycles. The second-order valence-corrected chi connectivity index (χ2v) is 6.32. The Morgan fingerprint density at radius 1 is 1.47 bits per heavy atom. The SMILES string of the molecule is CCC(NC(=O)c1ccc(Cl)c(Br)c1)c1cccs1. The number of carbonyl (C=O) groups excluding carboxylic acids is 1. The molecular weight excluding hydrogens is 346 g/mol. The number of amides is 1. The number of thiophene rings is 1. The average molecular weight is 359 g/mol. The molecule has 0 radical (unpaired) electrons. The number of hydrogen-bond donors (Lipinski definition) is 1. The first-order valence-corrected chi connectivity index (χ1v) is 7.96. The topological polar surface area (TPSA) is 29.1 Å². The zero-order valence-corrected chi connectivity index (χ0v) is 13.5. The highest BCUT2D eigenvalue weighted by Crippen LogP contribution is 2.25. The Hall–Kier alpha value is -0.840. The van der Waals surface area contributed by atoms with Gasteiger partial charge in [-0.25, -0.2) is 0 Å². The summed E-state index contributed by atoms with van der Waals surface area (Å²) in [7, 11) is 0. The molecule has 1 amide bonds. The summed E-state index contributed by atoms with van der Waals surface area (Å²) in [5.74, 6) is -0.0855. The van der Waals surface area contributed by atoms with Crippen molar-refractivity contribution >= 4 is 44.8 Å². The predicted octanol–water partition coefficient (Wildman–Crippen LogP) is 5.05. The fraction of sp³-hybridized carbons (Fsp3) is 0.214. The standard InChI is InChI=1S/C14H13BrClNOS/c1-2-12(13-4-3-7-19-13)17-14(18)9-5-6-11(16)10(15)8-9/h3-8,12H,2H2,1H3,(H,17,18). The van der Waals surface area contributed by atoms with Crippen molar-refractivity contribution in [3.05, 3.63) is 55.6 Å². The molecular formula is C14H13BrClNOS. The summed E-state index contributed by atoms with van der Waals surface area (Å²) in [5.41, 5.74) is 0.603. The molecule has 1 aromatic heterocycles. The van der Waals surface area contributed by atoms with Crippen LogP contribution in [0.2, 0.25) is 5.02 Å². The van der Waals surface area contributed by atoms with E-state index in [2.05, 4.69) is 28.2 Å². The Balaban J connectivity index is 2.13. The molecule has 0 aliphatic carbocycles. The van der Waals surface area contributed by atoms with Crippen LogP contribution in [0.25, 0.3) is 0 Å². The molecule has 0 saturated carbocycles. The van der Waals surface area contributed by atoms with Gasteiger partial charge in [-0.1, -0.05) is 24.6 Å². The minimum Gasteiger partial charge on any atom is -0.344 e. The zero-order valence-electron chi connectivity index (χ0n) is 10.3. The number of nitrogens with one attached hydrogen (secondary N) is 1. The summed E-state index contributed by atoms with van der Waals surface area (Å²) >= 11 is 10.9. The lowest BCUT2D eigenvalue weighted by atomic mass is 10.1. The Labute approximate surface area is 129 Å². The lowest BCUT2D eigenvalue weighted by Crippen LogP contribution is -2.27. The van der Waals surface area contributed by atoms with E-state index >= 15 is 0 Å². The van der Waals surface area contributed by atoms with Crippen molar-refractivity contribution in [2.45, 2.75) is 19.4 Å². The lowest BCUT2D eigenvalue weighted by Gasteiger charge is -2.15. The fourth-order valence-electron chi connectivity index (χ4n) is 1.74. The second-order valence-electron chi connectivity index (χ2n) is 4.08. The van der Waals surface area contributed by atoms with E-state index in [-0.39, 0.29) is 11.9 Å². The maximum absolute atomic E-state index is 12.2. The molecule has 5 heteroatoms. The molecule has 0 bridgehead atoms. The van der Waals surface area contributed by atoms with Gasteiger partial charge in [0.1, 0.15) is 0 Å². The molecule has 1 N–H and O–H groups in total. The summed E-state index contributed by atoms with van der Waals surface area (Å²) in [4.78, 5) is 13.4. The summed E-state index contributed by atoms with van der Waals surface area (Å²) < 4.78 is 0.728. The van der Waals surface area contributed by atoms with E-state index in [4.69, 9.17) is 11.6 Å². The van der Waals surface area contributed by atoms with Crippen molar-refractivity contribution in [1.29, 1.82) is 0 Å². The molecule has 0 fully saturated rings. The summed E-state index contributed by atoms with van der Waals surface area (Å²) in [6.07, 6.45) is 0.862. The number of hydrogen-bond acceptors (Lipinski definition) is 2. The van der Waals surface area contributed by atoms with E-state index in [9.17, 15) is 4.79 Å². The molecule has 1 heterocycles. The Bertz CT molecular complexity index is 571. The van der Waals surface area contributed by atoms with Gasteiger partial charge in [-0.2, -0.15) is 0 Å². The van der Waals surface area contributed by atoms with Crippen LogP contribution in [0.1, 0.15) is 34.6 Å². The van der Waals surface area contributed by atoms with Crippen LogP contribution < -0.4 is 5.32 Å². The molecule has 0 saturated heterocycles. The Kier molecular flexibility index (Phi) is 5.02. The molecule has 100 valence electrons. The quantitative estimate of drug-likeness (QED) is 0.814. The van der Waals surface area contributed by atoms with Gasteiger partial charge in [0.25, 0.3) is 5.91 Å². The maximum atomic E-state index is 12.2. The van der Waals surface area contributed by atoms with Gasteiger partial charge >= 0.3 is 0 Å². The van der Waals surface area contributed by atoms with Crippen LogP contribution >= 0.6 is 38.9 Å². The Morgan fingerprint density at radius 2 is 2.26 bits per heavy atom. The fourth-order valence-corrected chi connectivity index (χ4v) is 3.10. The lowest BCUT2D eigenvalue weighted by molar-refractivity contribution is 0.0936. The highest BCUT2D eigenvalue weighted by Gasteiger charge is 2.15. The first-order valence-electron chi connectivity index (χ1n) is 5.91. The van der Waals surface area contributed by atoms with Crippen molar-refractivity contribution in [2.75, 3.05) is 0 Å². The molecule has 1 atom stereocenters. The van der Waals surface area contributed by atoms with E-state index in [1.54, 1.807) is 29.5 Å². The largest absolute Gasteiger partial charge is 0.344 e. The van der Waals surface area contributed by atoms with Crippen molar-refractivity contribution in [3.8, 4) is 0 Å². The number of rotatable bonds is 4. The van der Waals surface area contributed by atoms with Crippen LogP contribution in [0.4, 0.5) is 0 Å². The first-order chi connectivity index (χ1) is 9.11. The van der Waals surface area contributed by atoms with Crippen LogP contribution in [0.15, 0.2) is 40.2 Å². The predicted molar refractivity (Wildman–Crippen MR) is 84.0 cm³/mol. The molecule has 2 rings (SSSR count). The summed E-state index contributed by atoms with van der Waals surface area (Å²) in [6, 6.07) is 9.27. The molecule has 0 aliphatic heterocycles. The summed E-state index contributed by atoms with van der Waals surface area (Å²) in [6.45, 7) is 2.06. The minimum atomic E-state index is -0.0855. The van der Waals surface area contributed by atoms with E-state index < -0.39 is 0 Å². The van der Waals surface area contributed by atoms with Gasteiger partial charge < -0.3 is 5.32 Å².